The monoisotopic (exact) mass is 244 g/mol. The van der Waals surface area contributed by atoms with Crippen molar-refractivity contribution < 1.29 is 0 Å². The van der Waals surface area contributed by atoms with Crippen LogP contribution in [-0.4, -0.2) is 10.7 Å². The van der Waals surface area contributed by atoms with Crippen LogP contribution in [-0.2, 0) is 12.2 Å². The van der Waals surface area contributed by atoms with E-state index in [0.717, 1.165) is 29.1 Å². The summed E-state index contributed by atoms with van der Waals surface area (Å²) in [6.07, 6.45) is 0.873. The Morgan fingerprint density at radius 2 is 2.07 bits per heavy atom. The van der Waals surface area contributed by atoms with Gasteiger partial charge in [-0.05, 0) is 23.3 Å². The first-order valence-electron chi connectivity index (χ1n) is 4.08. The maximum absolute atomic E-state index is 8.94. The fourth-order valence-electron chi connectivity index (χ4n) is 1.48. The highest BCUT2D eigenvalue weighted by Crippen LogP contribution is 2.33. The summed E-state index contributed by atoms with van der Waals surface area (Å²) in [4.78, 5) is 3.96. The van der Waals surface area contributed by atoms with E-state index in [9.17, 15) is 0 Å². The van der Waals surface area contributed by atoms with E-state index in [0.29, 0.717) is 10.7 Å². The number of hydrogen-bond acceptors (Lipinski definition) is 3. The van der Waals surface area contributed by atoms with Crippen LogP contribution >= 0.6 is 35.0 Å². The van der Waals surface area contributed by atoms with Crippen molar-refractivity contribution in [2.24, 2.45) is 0 Å². The number of nitriles is 1. The third-order valence-corrected chi connectivity index (χ3v) is 3.74. The maximum atomic E-state index is 8.94. The second-order valence-corrected chi connectivity index (χ2v) is 4.76. The normalized spacial score (nSPS) is 14.6. The predicted molar refractivity (Wildman–Crippen MR) is 58.8 cm³/mol. The van der Waals surface area contributed by atoms with Gasteiger partial charge in [0.25, 0.3) is 0 Å². The van der Waals surface area contributed by atoms with Gasteiger partial charge in [0, 0.05) is 5.75 Å². The molecule has 0 fully saturated rings. The Balaban J connectivity index is 2.69. The van der Waals surface area contributed by atoms with E-state index in [-0.39, 0.29) is 5.15 Å². The highest BCUT2D eigenvalue weighted by molar-refractivity contribution is 7.98. The van der Waals surface area contributed by atoms with Crippen LogP contribution in [0.1, 0.15) is 16.7 Å². The Bertz CT molecular complexity index is 426. The molecule has 0 aliphatic carbocycles. The standard InChI is InChI=1S/C9H6Cl2N2S/c10-8-5-1-2-14-4-7(5)6(3-12)9(11)13-8/h1-2,4H2. The van der Waals surface area contributed by atoms with Crippen LogP contribution in [0.15, 0.2) is 0 Å². The molecule has 0 amide bonds. The van der Waals surface area contributed by atoms with Gasteiger partial charge in [-0.3, -0.25) is 0 Å². The molecule has 1 aliphatic rings. The molecule has 1 aromatic heterocycles. The lowest BCUT2D eigenvalue weighted by molar-refractivity contribution is 1.04. The van der Waals surface area contributed by atoms with Crippen molar-refractivity contribution in [2.75, 3.05) is 5.75 Å². The van der Waals surface area contributed by atoms with Gasteiger partial charge in [0.2, 0.25) is 0 Å². The topological polar surface area (TPSA) is 36.7 Å². The van der Waals surface area contributed by atoms with Crippen molar-refractivity contribution in [2.45, 2.75) is 12.2 Å². The van der Waals surface area contributed by atoms with Crippen molar-refractivity contribution in [1.29, 1.82) is 5.26 Å². The maximum Gasteiger partial charge on any atom is 0.148 e. The molecule has 1 aromatic rings. The number of pyridine rings is 1. The summed E-state index contributed by atoms with van der Waals surface area (Å²) >= 11 is 13.6. The number of halogens is 2. The van der Waals surface area contributed by atoms with Gasteiger partial charge in [0.1, 0.15) is 16.4 Å². The van der Waals surface area contributed by atoms with Crippen LogP contribution in [0, 0.1) is 11.3 Å². The fraction of sp³-hybridized carbons (Fsp3) is 0.333. The lowest BCUT2D eigenvalue weighted by atomic mass is 10.0. The second-order valence-electron chi connectivity index (χ2n) is 2.94. The van der Waals surface area contributed by atoms with Gasteiger partial charge in [0.15, 0.2) is 0 Å². The van der Waals surface area contributed by atoms with Crippen LogP contribution in [0.5, 0.6) is 0 Å². The zero-order valence-electron chi connectivity index (χ0n) is 7.18. The first-order valence-corrected chi connectivity index (χ1v) is 5.99. The molecule has 0 aromatic carbocycles. The Morgan fingerprint density at radius 3 is 2.79 bits per heavy atom. The first kappa shape index (κ1) is 10.1. The molecule has 14 heavy (non-hydrogen) atoms. The molecule has 0 saturated carbocycles. The van der Waals surface area contributed by atoms with Gasteiger partial charge in [-0.2, -0.15) is 17.0 Å². The summed E-state index contributed by atoms with van der Waals surface area (Å²) in [5, 5.41) is 9.61. The molecule has 0 radical (unpaired) electrons. The van der Waals surface area contributed by atoms with Crippen LogP contribution in [0.2, 0.25) is 10.3 Å². The lowest BCUT2D eigenvalue weighted by Crippen LogP contribution is -2.07. The van der Waals surface area contributed by atoms with E-state index in [4.69, 9.17) is 28.5 Å². The summed E-state index contributed by atoms with van der Waals surface area (Å²) in [6, 6.07) is 2.08. The number of fused-ring (bicyclic) bond motifs is 1. The van der Waals surface area contributed by atoms with Crippen LogP contribution in [0.4, 0.5) is 0 Å². The fourth-order valence-corrected chi connectivity index (χ4v) is 3.08. The molecule has 0 unspecified atom stereocenters. The minimum absolute atomic E-state index is 0.221. The van der Waals surface area contributed by atoms with E-state index in [1.165, 1.54) is 0 Å². The lowest BCUT2D eigenvalue weighted by Gasteiger charge is -2.17. The zero-order valence-corrected chi connectivity index (χ0v) is 9.51. The molecule has 2 heterocycles. The molecule has 2 nitrogen and oxygen atoms in total. The van der Waals surface area contributed by atoms with E-state index in [1.807, 2.05) is 0 Å². The predicted octanol–water partition coefficient (Wildman–Crippen LogP) is 3.05. The van der Waals surface area contributed by atoms with Crippen molar-refractivity contribution >= 4 is 35.0 Å². The Hall–Kier alpha value is -0.430. The SMILES string of the molecule is N#Cc1c(Cl)nc(Cl)c2c1CSCC2. The number of hydrogen-bond donors (Lipinski definition) is 0. The van der Waals surface area contributed by atoms with E-state index < -0.39 is 0 Å². The van der Waals surface area contributed by atoms with Gasteiger partial charge < -0.3 is 0 Å². The summed E-state index contributed by atoms with van der Waals surface area (Å²) < 4.78 is 0. The third kappa shape index (κ3) is 1.58. The smallest absolute Gasteiger partial charge is 0.148 e. The van der Waals surface area contributed by atoms with E-state index >= 15 is 0 Å². The van der Waals surface area contributed by atoms with Gasteiger partial charge in [-0.25, -0.2) is 4.98 Å². The van der Waals surface area contributed by atoms with E-state index in [1.54, 1.807) is 11.8 Å². The molecular weight excluding hydrogens is 239 g/mol. The van der Waals surface area contributed by atoms with Gasteiger partial charge in [0.05, 0.1) is 5.56 Å². The highest BCUT2D eigenvalue weighted by atomic mass is 35.5. The zero-order chi connectivity index (χ0) is 10.1. The molecule has 0 spiro atoms. The first-order chi connectivity index (χ1) is 6.74. The minimum atomic E-state index is 0.221. The van der Waals surface area contributed by atoms with Crippen molar-refractivity contribution in [3.05, 3.63) is 27.0 Å². The molecule has 0 N–H and O–H groups in total. The average Bonchev–Trinajstić information content (AvgIpc) is 2.18. The Labute approximate surface area is 96.2 Å². The quantitative estimate of drug-likeness (QED) is 0.659. The Morgan fingerprint density at radius 1 is 1.29 bits per heavy atom. The second kappa shape index (κ2) is 3.98. The van der Waals surface area contributed by atoms with Crippen LogP contribution in [0.25, 0.3) is 0 Å². The summed E-state index contributed by atoms with van der Waals surface area (Å²) in [7, 11) is 0. The number of nitrogens with zero attached hydrogens (tertiary/aromatic N) is 2. The van der Waals surface area contributed by atoms with Crippen LogP contribution in [0.3, 0.4) is 0 Å². The van der Waals surface area contributed by atoms with Crippen molar-refractivity contribution in [3.8, 4) is 6.07 Å². The molecule has 5 heteroatoms. The largest absolute Gasteiger partial charge is 0.223 e. The van der Waals surface area contributed by atoms with Gasteiger partial charge >= 0.3 is 0 Å². The molecule has 1 aliphatic heterocycles. The highest BCUT2D eigenvalue weighted by Gasteiger charge is 2.20. The molecule has 0 atom stereocenters. The van der Waals surface area contributed by atoms with Crippen molar-refractivity contribution in [1.82, 2.24) is 4.98 Å². The van der Waals surface area contributed by atoms with Crippen molar-refractivity contribution in [3.63, 3.8) is 0 Å². The number of thioether (sulfide) groups is 1. The Kier molecular flexibility index (Phi) is 2.87. The number of rotatable bonds is 0. The van der Waals surface area contributed by atoms with Crippen LogP contribution < -0.4 is 0 Å². The molecular formula is C9H6Cl2N2S. The van der Waals surface area contributed by atoms with Gasteiger partial charge in [-0.15, -0.1) is 0 Å². The third-order valence-electron chi connectivity index (χ3n) is 2.17. The minimum Gasteiger partial charge on any atom is -0.223 e. The molecule has 2 rings (SSSR count). The summed E-state index contributed by atoms with van der Waals surface area (Å²) in [5.74, 6) is 1.83. The number of aromatic nitrogens is 1. The van der Waals surface area contributed by atoms with E-state index in [2.05, 4.69) is 11.1 Å². The van der Waals surface area contributed by atoms with Gasteiger partial charge in [-0.1, -0.05) is 23.2 Å². The summed E-state index contributed by atoms with van der Waals surface area (Å²) in [5.41, 5.74) is 2.44. The molecule has 0 saturated heterocycles. The summed E-state index contributed by atoms with van der Waals surface area (Å²) in [6.45, 7) is 0. The molecule has 0 bridgehead atoms. The average molecular weight is 245 g/mol. The molecule has 72 valence electrons.